The molecule has 1 heterocycles. The SMILES string of the molecule is O=C(Nc1cc(C(F)(F)F)ccc1-n1cccn1)c1ccccc1OC(F)F. The summed E-state index contributed by atoms with van der Waals surface area (Å²) >= 11 is 0. The number of ether oxygens (including phenoxy) is 1. The van der Waals surface area contributed by atoms with Crippen LogP contribution in [0.15, 0.2) is 60.9 Å². The lowest BCUT2D eigenvalue weighted by Crippen LogP contribution is -2.17. The van der Waals surface area contributed by atoms with E-state index < -0.39 is 30.0 Å². The Hall–Kier alpha value is -3.43. The first kappa shape index (κ1) is 19.3. The normalized spacial score (nSPS) is 11.5. The van der Waals surface area contributed by atoms with E-state index in [0.717, 1.165) is 24.3 Å². The van der Waals surface area contributed by atoms with Crippen molar-refractivity contribution in [3.8, 4) is 11.4 Å². The Morgan fingerprint density at radius 1 is 1.11 bits per heavy atom. The number of rotatable bonds is 5. The monoisotopic (exact) mass is 397 g/mol. The fourth-order valence-corrected chi connectivity index (χ4v) is 2.47. The molecule has 1 amide bonds. The summed E-state index contributed by atoms with van der Waals surface area (Å²) in [5.74, 6) is -1.31. The molecule has 0 unspecified atom stereocenters. The Balaban J connectivity index is 2.00. The van der Waals surface area contributed by atoms with Gasteiger partial charge < -0.3 is 10.1 Å². The average molecular weight is 397 g/mol. The number of alkyl halides is 5. The van der Waals surface area contributed by atoms with Gasteiger partial charge in [-0.05, 0) is 36.4 Å². The zero-order valence-electron chi connectivity index (χ0n) is 14.0. The first-order valence-corrected chi connectivity index (χ1v) is 7.82. The van der Waals surface area contributed by atoms with Gasteiger partial charge in [-0.25, -0.2) is 4.68 Å². The van der Waals surface area contributed by atoms with Crippen LogP contribution in [0.1, 0.15) is 15.9 Å². The molecule has 0 aliphatic carbocycles. The number of hydrogen-bond acceptors (Lipinski definition) is 3. The Morgan fingerprint density at radius 2 is 1.86 bits per heavy atom. The minimum atomic E-state index is -4.64. The van der Waals surface area contributed by atoms with Crippen LogP contribution in [0.4, 0.5) is 27.6 Å². The largest absolute Gasteiger partial charge is 0.434 e. The van der Waals surface area contributed by atoms with Gasteiger partial charge in [-0.1, -0.05) is 12.1 Å². The maximum absolute atomic E-state index is 13.1. The third-order valence-electron chi connectivity index (χ3n) is 3.67. The second-order valence-corrected chi connectivity index (χ2v) is 5.51. The van der Waals surface area contributed by atoms with Gasteiger partial charge in [0, 0.05) is 12.4 Å². The number of aromatic nitrogens is 2. The molecule has 0 saturated carbocycles. The third kappa shape index (κ3) is 4.27. The highest BCUT2D eigenvalue weighted by Crippen LogP contribution is 2.34. The Kier molecular flexibility index (Phi) is 5.30. The summed E-state index contributed by atoms with van der Waals surface area (Å²) < 4.78 is 69.8. The summed E-state index contributed by atoms with van der Waals surface area (Å²) in [4.78, 5) is 12.6. The van der Waals surface area contributed by atoms with Gasteiger partial charge in [-0.3, -0.25) is 4.79 Å². The number of amides is 1. The molecule has 10 heteroatoms. The topological polar surface area (TPSA) is 56.2 Å². The number of carbonyl (C=O) groups is 1. The van der Waals surface area contributed by atoms with E-state index in [2.05, 4.69) is 15.2 Å². The van der Waals surface area contributed by atoms with E-state index in [1.165, 1.54) is 35.3 Å². The maximum atomic E-state index is 13.1. The van der Waals surface area contributed by atoms with Crippen molar-refractivity contribution < 1.29 is 31.5 Å². The van der Waals surface area contributed by atoms with Gasteiger partial charge in [0.1, 0.15) is 5.75 Å². The van der Waals surface area contributed by atoms with Crippen LogP contribution >= 0.6 is 0 Å². The molecule has 0 aliphatic rings. The van der Waals surface area contributed by atoms with Gasteiger partial charge >= 0.3 is 12.8 Å². The lowest BCUT2D eigenvalue weighted by molar-refractivity contribution is -0.137. The second kappa shape index (κ2) is 7.67. The summed E-state index contributed by atoms with van der Waals surface area (Å²) in [7, 11) is 0. The second-order valence-electron chi connectivity index (χ2n) is 5.51. The number of halogens is 5. The number of nitrogens with one attached hydrogen (secondary N) is 1. The van der Waals surface area contributed by atoms with E-state index in [0.29, 0.717) is 0 Å². The van der Waals surface area contributed by atoms with Crippen LogP contribution < -0.4 is 10.1 Å². The average Bonchev–Trinajstić information content (AvgIpc) is 3.15. The molecule has 3 aromatic rings. The fourth-order valence-electron chi connectivity index (χ4n) is 2.47. The lowest BCUT2D eigenvalue weighted by atomic mass is 10.1. The molecule has 0 fully saturated rings. The lowest BCUT2D eigenvalue weighted by Gasteiger charge is -2.16. The molecule has 5 nitrogen and oxygen atoms in total. The molecule has 1 N–H and O–H groups in total. The van der Waals surface area contributed by atoms with Gasteiger partial charge in [-0.2, -0.15) is 27.1 Å². The smallest absolute Gasteiger partial charge is 0.416 e. The molecule has 2 aromatic carbocycles. The highest BCUT2D eigenvalue weighted by atomic mass is 19.4. The molecule has 28 heavy (non-hydrogen) atoms. The standard InChI is InChI=1S/C18H12F5N3O2/c19-17(20)28-15-5-2-1-4-12(15)16(27)25-13-10-11(18(21,22)23)6-7-14(13)26-9-3-8-24-26/h1-10,17H,(H,25,27). The molecule has 0 saturated heterocycles. The number of nitrogens with zero attached hydrogens (tertiary/aromatic N) is 2. The predicted octanol–water partition coefficient (Wildman–Crippen LogP) is 4.74. The molecule has 0 radical (unpaired) electrons. The van der Waals surface area contributed by atoms with Gasteiger partial charge in [-0.15, -0.1) is 0 Å². The van der Waals surface area contributed by atoms with Crippen molar-refractivity contribution in [3.05, 3.63) is 72.1 Å². The first-order valence-electron chi connectivity index (χ1n) is 7.82. The van der Waals surface area contributed by atoms with Crippen LogP contribution in [0, 0.1) is 0 Å². The Labute approximate surface area is 155 Å². The Bertz CT molecular complexity index is 972. The van der Waals surface area contributed by atoms with Crippen molar-refractivity contribution in [1.29, 1.82) is 0 Å². The van der Waals surface area contributed by atoms with Crippen LogP contribution in [0.25, 0.3) is 5.69 Å². The van der Waals surface area contributed by atoms with Crippen molar-refractivity contribution in [1.82, 2.24) is 9.78 Å². The van der Waals surface area contributed by atoms with E-state index in [4.69, 9.17) is 0 Å². The molecule has 0 bridgehead atoms. The van der Waals surface area contributed by atoms with Crippen LogP contribution in [0.5, 0.6) is 5.75 Å². The minimum absolute atomic E-state index is 0.165. The van der Waals surface area contributed by atoms with Crippen LogP contribution in [-0.2, 0) is 6.18 Å². The first-order chi connectivity index (χ1) is 13.3. The van der Waals surface area contributed by atoms with Crippen molar-refractivity contribution in [2.24, 2.45) is 0 Å². The third-order valence-corrected chi connectivity index (χ3v) is 3.67. The molecule has 3 rings (SSSR count). The number of benzene rings is 2. The predicted molar refractivity (Wildman–Crippen MR) is 89.6 cm³/mol. The van der Waals surface area contributed by atoms with E-state index in [1.807, 2.05) is 0 Å². The quantitative estimate of drug-likeness (QED) is 0.633. The molecule has 0 spiro atoms. The van der Waals surface area contributed by atoms with Gasteiger partial charge in [0.15, 0.2) is 0 Å². The highest BCUT2D eigenvalue weighted by molar-refractivity contribution is 6.07. The maximum Gasteiger partial charge on any atom is 0.416 e. The van der Waals surface area contributed by atoms with E-state index in [1.54, 1.807) is 6.07 Å². The number of anilines is 1. The van der Waals surface area contributed by atoms with Crippen molar-refractivity contribution in [2.75, 3.05) is 5.32 Å². The van der Waals surface area contributed by atoms with E-state index >= 15 is 0 Å². The van der Waals surface area contributed by atoms with Gasteiger partial charge in [0.25, 0.3) is 5.91 Å². The highest BCUT2D eigenvalue weighted by Gasteiger charge is 2.31. The molecular formula is C18H12F5N3O2. The summed E-state index contributed by atoms with van der Waals surface area (Å²) in [6, 6.07) is 9.45. The van der Waals surface area contributed by atoms with Crippen molar-refractivity contribution in [3.63, 3.8) is 0 Å². The fraction of sp³-hybridized carbons (Fsp3) is 0.111. The number of para-hydroxylation sites is 1. The number of carbonyl (C=O) groups excluding carboxylic acids is 1. The molecule has 146 valence electrons. The van der Waals surface area contributed by atoms with E-state index in [-0.39, 0.29) is 16.9 Å². The number of hydrogen-bond donors (Lipinski definition) is 1. The van der Waals surface area contributed by atoms with Crippen LogP contribution in [0.3, 0.4) is 0 Å². The minimum Gasteiger partial charge on any atom is -0.434 e. The summed E-state index contributed by atoms with van der Waals surface area (Å²) in [5.41, 5.74) is -1.28. The van der Waals surface area contributed by atoms with Crippen molar-refractivity contribution in [2.45, 2.75) is 12.8 Å². The van der Waals surface area contributed by atoms with Crippen molar-refractivity contribution >= 4 is 11.6 Å². The zero-order chi connectivity index (χ0) is 20.3. The molecule has 0 atom stereocenters. The van der Waals surface area contributed by atoms with Gasteiger partial charge in [0.05, 0.1) is 22.5 Å². The Morgan fingerprint density at radius 3 is 2.50 bits per heavy atom. The molecule has 1 aromatic heterocycles. The van der Waals surface area contributed by atoms with E-state index in [9.17, 15) is 26.7 Å². The molecular weight excluding hydrogens is 385 g/mol. The van der Waals surface area contributed by atoms with Crippen LogP contribution in [-0.4, -0.2) is 22.3 Å². The summed E-state index contributed by atoms with van der Waals surface area (Å²) in [6.45, 7) is -3.16. The van der Waals surface area contributed by atoms with Crippen LogP contribution in [0.2, 0.25) is 0 Å². The summed E-state index contributed by atoms with van der Waals surface area (Å²) in [6.07, 6.45) is -1.75. The molecule has 0 aliphatic heterocycles. The summed E-state index contributed by atoms with van der Waals surface area (Å²) in [5, 5.41) is 6.25. The zero-order valence-corrected chi connectivity index (χ0v) is 14.0. The van der Waals surface area contributed by atoms with Gasteiger partial charge in [0.2, 0.25) is 0 Å².